The maximum atomic E-state index is 12.3. The number of amidine groups is 1. The third-order valence-corrected chi connectivity index (χ3v) is 5.14. The van der Waals surface area contributed by atoms with Crippen LogP contribution < -0.4 is 11.1 Å². The molecule has 8 nitrogen and oxygen atoms in total. The van der Waals surface area contributed by atoms with E-state index < -0.39 is 6.10 Å². The first-order valence-corrected chi connectivity index (χ1v) is 10.1. The van der Waals surface area contributed by atoms with E-state index in [0.717, 1.165) is 12.0 Å². The Morgan fingerprint density at radius 1 is 1.40 bits per heavy atom. The summed E-state index contributed by atoms with van der Waals surface area (Å²) in [5.74, 6) is 0.342. The van der Waals surface area contributed by atoms with E-state index in [1.165, 1.54) is 0 Å². The van der Waals surface area contributed by atoms with Crippen molar-refractivity contribution in [1.29, 1.82) is 5.41 Å². The lowest BCUT2D eigenvalue weighted by Gasteiger charge is -2.32. The molecule has 8 heteroatoms. The number of nitrogens with one attached hydrogen (secondary N) is 2. The summed E-state index contributed by atoms with van der Waals surface area (Å²) in [4.78, 5) is 16.2. The summed E-state index contributed by atoms with van der Waals surface area (Å²) in [7, 11) is 5.89. The second kappa shape index (κ2) is 9.77. The Bertz CT molecular complexity index is 828. The molecule has 2 heterocycles. The lowest BCUT2D eigenvalue weighted by atomic mass is 10.1. The van der Waals surface area contributed by atoms with Gasteiger partial charge in [0.15, 0.2) is 5.88 Å². The Morgan fingerprint density at radius 3 is 2.77 bits per heavy atom. The Kier molecular flexibility index (Phi) is 7.12. The average molecular weight is 414 g/mol. The zero-order chi connectivity index (χ0) is 21.7. The monoisotopic (exact) mass is 413 g/mol. The molecule has 2 atom stereocenters. The largest absolute Gasteiger partial charge is 0.469 e. The number of ether oxygens (including phenoxy) is 2. The van der Waals surface area contributed by atoms with Crippen molar-refractivity contribution in [2.75, 3.05) is 40.8 Å². The van der Waals surface area contributed by atoms with Crippen LogP contribution in [0.4, 0.5) is 0 Å². The normalized spacial score (nSPS) is 20.2. The van der Waals surface area contributed by atoms with Crippen molar-refractivity contribution in [3.63, 3.8) is 0 Å². The van der Waals surface area contributed by atoms with Crippen molar-refractivity contribution in [2.24, 2.45) is 5.73 Å². The highest BCUT2D eigenvalue weighted by Crippen LogP contribution is 2.26. The minimum atomic E-state index is -0.486. The van der Waals surface area contributed by atoms with Gasteiger partial charge < -0.3 is 30.3 Å². The van der Waals surface area contributed by atoms with Crippen LogP contribution in [0.25, 0.3) is 0 Å². The van der Waals surface area contributed by atoms with Crippen molar-refractivity contribution in [2.45, 2.75) is 25.0 Å². The molecule has 30 heavy (non-hydrogen) atoms. The Balaban J connectivity index is 1.73. The van der Waals surface area contributed by atoms with Gasteiger partial charge in [0, 0.05) is 37.5 Å². The third-order valence-electron chi connectivity index (χ3n) is 5.14. The van der Waals surface area contributed by atoms with Gasteiger partial charge >= 0.3 is 0 Å². The first kappa shape index (κ1) is 21.9. The quantitative estimate of drug-likeness (QED) is 0.463. The molecule has 0 spiro atoms. The van der Waals surface area contributed by atoms with Gasteiger partial charge in [-0.1, -0.05) is 30.3 Å². The highest BCUT2D eigenvalue weighted by molar-refractivity contribution is 6.08. The second-order valence-electron chi connectivity index (χ2n) is 7.92. The second-order valence-corrected chi connectivity index (χ2v) is 7.92. The number of carbonyl (C=O) groups excluding carboxylic acids is 1. The number of nitrogens with two attached hydrogens (primary N) is 1. The zero-order valence-electron chi connectivity index (χ0n) is 17.9. The van der Waals surface area contributed by atoms with Gasteiger partial charge in [0.25, 0.3) is 5.91 Å². The number of hydrogen-bond acceptors (Lipinski definition) is 7. The number of hydrogen-bond donors (Lipinski definition) is 3. The molecule has 162 valence electrons. The summed E-state index contributed by atoms with van der Waals surface area (Å²) in [5.41, 5.74) is 8.28. The Morgan fingerprint density at radius 2 is 2.13 bits per heavy atom. The van der Waals surface area contributed by atoms with E-state index >= 15 is 0 Å². The number of benzene rings is 1. The highest BCUT2D eigenvalue weighted by Gasteiger charge is 2.28. The molecule has 0 radical (unpaired) electrons. The molecular weight excluding hydrogens is 382 g/mol. The first-order chi connectivity index (χ1) is 14.3. The van der Waals surface area contributed by atoms with Crippen LogP contribution in [0.2, 0.25) is 0 Å². The molecule has 1 aromatic rings. The predicted molar refractivity (Wildman–Crippen MR) is 116 cm³/mol. The van der Waals surface area contributed by atoms with Crippen molar-refractivity contribution < 1.29 is 14.3 Å². The van der Waals surface area contributed by atoms with Gasteiger partial charge in [0.2, 0.25) is 0 Å². The van der Waals surface area contributed by atoms with Crippen LogP contribution in [0.15, 0.2) is 53.6 Å². The maximum absolute atomic E-state index is 12.3. The summed E-state index contributed by atoms with van der Waals surface area (Å²) in [6, 6.07) is 10.0. The van der Waals surface area contributed by atoms with Crippen molar-refractivity contribution in [3.05, 3.63) is 59.1 Å². The van der Waals surface area contributed by atoms with Gasteiger partial charge in [0.05, 0.1) is 6.54 Å². The van der Waals surface area contributed by atoms with Gasteiger partial charge in [-0.05, 0) is 32.5 Å². The van der Waals surface area contributed by atoms with E-state index in [1.54, 1.807) is 6.08 Å². The minimum absolute atomic E-state index is 0.00282. The van der Waals surface area contributed by atoms with Crippen LogP contribution in [-0.2, 0) is 14.3 Å². The molecule has 1 amide bonds. The number of rotatable bonds is 7. The highest BCUT2D eigenvalue weighted by atomic mass is 16.5. The molecule has 0 aliphatic carbocycles. The number of amides is 1. The van der Waals surface area contributed by atoms with Crippen LogP contribution >= 0.6 is 0 Å². The Labute approximate surface area is 177 Å². The number of carbonyl (C=O) groups is 1. The van der Waals surface area contributed by atoms with E-state index in [4.69, 9.17) is 20.6 Å². The maximum Gasteiger partial charge on any atom is 0.254 e. The lowest BCUT2D eigenvalue weighted by molar-refractivity contribution is -0.128. The van der Waals surface area contributed by atoms with Crippen LogP contribution in [-0.4, -0.2) is 68.5 Å². The fraction of sp³-hybridized carbons (Fsp3) is 0.455. The van der Waals surface area contributed by atoms with Crippen molar-refractivity contribution in [3.8, 4) is 0 Å². The van der Waals surface area contributed by atoms with E-state index in [0.29, 0.717) is 43.3 Å². The molecule has 1 saturated heterocycles. The van der Waals surface area contributed by atoms with E-state index in [9.17, 15) is 4.79 Å². The number of likely N-dealkylation sites (N-methyl/N-ethyl adjacent to an activating group) is 2. The van der Waals surface area contributed by atoms with Crippen LogP contribution in [0.5, 0.6) is 0 Å². The molecule has 1 fully saturated rings. The number of nitrogens with zero attached hydrogens (tertiary/aromatic N) is 2. The lowest BCUT2D eigenvalue weighted by Crippen LogP contribution is -2.42. The van der Waals surface area contributed by atoms with Gasteiger partial charge in [0.1, 0.15) is 18.0 Å². The standard InChI is InChI=1S/C22H31N5O3/c1-26(2)14-19(15-8-5-4-6-9-15)30-20-12-17(23)16(13-27(20)3)21(24)25-22(28)18-10-7-11-29-18/h4-6,8-9,12,18-19H,7,10-11,13-14,23H2,1-3H3,(H2,24,25,28)/t18-,19-/m1/s1. The summed E-state index contributed by atoms with van der Waals surface area (Å²) >= 11 is 0. The van der Waals surface area contributed by atoms with E-state index in [2.05, 4.69) is 10.2 Å². The molecule has 2 aliphatic heterocycles. The fourth-order valence-electron chi connectivity index (χ4n) is 3.50. The van der Waals surface area contributed by atoms with Crippen LogP contribution in [0.1, 0.15) is 24.5 Å². The average Bonchev–Trinajstić information content (AvgIpc) is 3.25. The SMILES string of the molecule is CN(C)C[C@@H](OC1=CC(N)=C(C(=N)NC(=O)[C@H]2CCCO2)CN1C)c1ccccc1. The third kappa shape index (κ3) is 5.40. The van der Waals surface area contributed by atoms with Crippen LogP contribution in [0.3, 0.4) is 0 Å². The summed E-state index contributed by atoms with van der Waals surface area (Å²) in [6.45, 7) is 1.66. The van der Waals surface area contributed by atoms with Crippen LogP contribution in [0, 0.1) is 5.41 Å². The molecule has 4 N–H and O–H groups in total. The topological polar surface area (TPSA) is 104 Å². The predicted octanol–water partition coefficient (Wildman–Crippen LogP) is 1.58. The van der Waals surface area contributed by atoms with Gasteiger partial charge in [-0.25, -0.2) is 0 Å². The zero-order valence-corrected chi connectivity index (χ0v) is 17.9. The molecule has 1 aromatic carbocycles. The summed E-state index contributed by atoms with van der Waals surface area (Å²) in [5, 5.41) is 10.9. The molecule has 0 aromatic heterocycles. The van der Waals surface area contributed by atoms with Crippen molar-refractivity contribution >= 4 is 11.7 Å². The molecule has 2 aliphatic rings. The Hall–Kier alpha value is -2.84. The number of allylic oxidation sites excluding steroid dienone is 1. The van der Waals surface area contributed by atoms with Gasteiger partial charge in [-0.2, -0.15) is 0 Å². The fourth-order valence-corrected chi connectivity index (χ4v) is 3.50. The van der Waals surface area contributed by atoms with Gasteiger partial charge in [-0.15, -0.1) is 0 Å². The smallest absolute Gasteiger partial charge is 0.254 e. The summed E-state index contributed by atoms with van der Waals surface area (Å²) in [6.07, 6.45) is 2.61. The first-order valence-electron chi connectivity index (χ1n) is 10.1. The molecule has 0 saturated carbocycles. The minimum Gasteiger partial charge on any atom is -0.469 e. The van der Waals surface area contributed by atoms with Gasteiger partial charge in [-0.3, -0.25) is 10.2 Å². The van der Waals surface area contributed by atoms with Crippen molar-refractivity contribution in [1.82, 2.24) is 15.1 Å². The molecule has 0 unspecified atom stereocenters. The van der Waals surface area contributed by atoms with E-state index in [1.807, 2.05) is 56.4 Å². The molecule has 0 bridgehead atoms. The van der Waals surface area contributed by atoms with E-state index in [-0.39, 0.29) is 17.8 Å². The molecule has 3 rings (SSSR count). The molecular formula is C22H31N5O3. The summed E-state index contributed by atoms with van der Waals surface area (Å²) < 4.78 is 11.7.